The molecular formula is C22H24FN3O. The number of rotatable bonds is 5. The van der Waals surface area contributed by atoms with Gasteiger partial charge in [-0.2, -0.15) is 0 Å². The van der Waals surface area contributed by atoms with Crippen molar-refractivity contribution < 1.29 is 8.91 Å². The van der Waals surface area contributed by atoms with Crippen molar-refractivity contribution in [2.75, 3.05) is 26.2 Å². The number of halogens is 1. The monoisotopic (exact) mass is 365 g/mol. The minimum atomic E-state index is -0.246. The van der Waals surface area contributed by atoms with Crippen LogP contribution in [0.2, 0.25) is 0 Å². The van der Waals surface area contributed by atoms with Gasteiger partial charge < -0.3 is 4.52 Å². The molecule has 0 radical (unpaired) electrons. The lowest BCUT2D eigenvalue weighted by Gasteiger charge is -2.34. The summed E-state index contributed by atoms with van der Waals surface area (Å²) < 4.78 is 18.7. The van der Waals surface area contributed by atoms with Gasteiger partial charge in [-0.25, -0.2) is 4.39 Å². The molecule has 2 aromatic carbocycles. The van der Waals surface area contributed by atoms with Crippen LogP contribution in [0.1, 0.15) is 16.8 Å². The fourth-order valence-electron chi connectivity index (χ4n) is 3.55. The van der Waals surface area contributed by atoms with E-state index in [1.165, 1.54) is 17.7 Å². The number of nitrogens with zero attached hydrogens (tertiary/aromatic N) is 3. The summed E-state index contributed by atoms with van der Waals surface area (Å²) >= 11 is 0. The first-order valence-corrected chi connectivity index (χ1v) is 9.39. The third-order valence-electron chi connectivity index (χ3n) is 5.21. The molecule has 0 amide bonds. The van der Waals surface area contributed by atoms with Crippen LogP contribution in [0.25, 0.3) is 11.3 Å². The average Bonchev–Trinajstić information content (AvgIpc) is 3.05. The second-order valence-electron chi connectivity index (χ2n) is 7.13. The first-order valence-electron chi connectivity index (χ1n) is 9.39. The van der Waals surface area contributed by atoms with E-state index in [0.29, 0.717) is 0 Å². The SMILES string of the molecule is Cc1c(CN2CCN(Cc3ccccc3)CC2)noc1-c1ccc(F)cc1. The summed E-state index contributed by atoms with van der Waals surface area (Å²) in [6.07, 6.45) is 0. The van der Waals surface area contributed by atoms with Crippen molar-refractivity contribution in [1.29, 1.82) is 0 Å². The molecule has 3 aromatic rings. The van der Waals surface area contributed by atoms with Crippen molar-refractivity contribution in [3.05, 3.63) is 77.2 Å². The molecule has 2 heterocycles. The number of benzene rings is 2. The Hall–Kier alpha value is -2.50. The molecule has 0 bridgehead atoms. The molecule has 4 nitrogen and oxygen atoms in total. The second-order valence-corrected chi connectivity index (χ2v) is 7.13. The number of aromatic nitrogens is 1. The van der Waals surface area contributed by atoms with Crippen LogP contribution in [0.3, 0.4) is 0 Å². The third-order valence-corrected chi connectivity index (χ3v) is 5.21. The molecule has 1 aliphatic rings. The molecule has 0 atom stereocenters. The summed E-state index contributed by atoms with van der Waals surface area (Å²) in [6, 6.07) is 17.0. The molecular weight excluding hydrogens is 341 g/mol. The molecule has 0 aliphatic carbocycles. The van der Waals surface area contributed by atoms with Gasteiger partial charge in [0.2, 0.25) is 0 Å². The predicted molar refractivity (Wildman–Crippen MR) is 104 cm³/mol. The van der Waals surface area contributed by atoms with E-state index in [9.17, 15) is 4.39 Å². The van der Waals surface area contributed by atoms with Crippen LogP contribution in [-0.2, 0) is 13.1 Å². The van der Waals surface area contributed by atoms with Crippen LogP contribution in [0.15, 0.2) is 59.1 Å². The van der Waals surface area contributed by atoms with E-state index in [1.54, 1.807) is 12.1 Å². The summed E-state index contributed by atoms with van der Waals surface area (Å²) in [5, 5.41) is 4.27. The van der Waals surface area contributed by atoms with Gasteiger partial charge in [-0.1, -0.05) is 35.5 Å². The van der Waals surface area contributed by atoms with Gasteiger partial charge in [-0.05, 0) is 36.8 Å². The Morgan fingerprint density at radius 3 is 2.19 bits per heavy atom. The van der Waals surface area contributed by atoms with Gasteiger partial charge >= 0.3 is 0 Å². The van der Waals surface area contributed by atoms with Gasteiger partial charge in [0.1, 0.15) is 11.5 Å². The van der Waals surface area contributed by atoms with E-state index in [0.717, 1.165) is 61.8 Å². The van der Waals surface area contributed by atoms with E-state index in [1.807, 2.05) is 6.92 Å². The van der Waals surface area contributed by atoms with E-state index in [2.05, 4.69) is 45.3 Å². The van der Waals surface area contributed by atoms with Gasteiger partial charge in [-0.15, -0.1) is 0 Å². The summed E-state index contributed by atoms with van der Waals surface area (Å²) in [5.41, 5.74) is 4.22. The van der Waals surface area contributed by atoms with E-state index in [4.69, 9.17) is 4.52 Å². The highest BCUT2D eigenvalue weighted by atomic mass is 19.1. The van der Waals surface area contributed by atoms with Crippen LogP contribution < -0.4 is 0 Å². The van der Waals surface area contributed by atoms with Crippen LogP contribution in [-0.4, -0.2) is 41.1 Å². The van der Waals surface area contributed by atoms with E-state index >= 15 is 0 Å². The summed E-state index contributed by atoms with van der Waals surface area (Å²) in [7, 11) is 0. The van der Waals surface area contributed by atoms with Crippen molar-refractivity contribution >= 4 is 0 Å². The zero-order valence-electron chi connectivity index (χ0n) is 15.6. The highest BCUT2D eigenvalue weighted by Crippen LogP contribution is 2.26. The summed E-state index contributed by atoms with van der Waals surface area (Å²) in [5.74, 6) is 0.484. The van der Waals surface area contributed by atoms with Crippen molar-refractivity contribution in [2.24, 2.45) is 0 Å². The maximum Gasteiger partial charge on any atom is 0.170 e. The Bertz CT molecular complexity index is 868. The lowest BCUT2D eigenvalue weighted by Crippen LogP contribution is -2.45. The molecule has 0 N–H and O–H groups in total. The molecule has 1 fully saturated rings. The average molecular weight is 365 g/mol. The number of hydrogen-bond acceptors (Lipinski definition) is 4. The Morgan fingerprint density at radius 1 is 0.889 bits per heavy atom. The minimum Gasteiger partial charge on any atom is -0.356 e. The number of hydrogen-bond donors (Lipinski definition) is 0. The Labute approximate surface area is 159 Å². The van der Waals surface area contributed by atoms with Crippen LogP contribution in [0.5, 0.6) is 0 Å². The molecule has 140 valence electrons. The molecule has 1 saturated heterocycles. The first kappa shape index (κ1) is 17.9. The van der Waals surface area contributed by atoms with E-state index < -0.39 is 0 Å². The molecule has 0 unspecified atom stereocenters. The first-order chi connectivity index (χ1) is 13.2. The summed E-state index contributed by atoms with van der Waals surface area (Å²) in [6.45, 7) is 7.96. The maximum atomic E-state index is 13.1. The minimum absolute atomic E-state index is 0.246. The second kappa shape index (κ2) is 8.03. The van der Waals surface area contributed by atoms with Gasteiger partial charge in [0.05, 0.1) is 0 Å². The van der Waals surface area contributed by atoms with Crippen LogP contribution >= 0.6 is 0 Å². The molecule has 1 aromatic heterocycles. The highest BCUT2D eigenvalue weighted by molar-refractivity contribution is 5.61. The smallest absolute Gasteiger partial charge is 0.170 e. The Balaban J connectivity index is 1.35. The number of piperazine rings is 1. The lowest BCUT2D eigenvalue weighted by atomic mass is 10.1. The molecule has 5 heteroatoms. The topological polar surface area (TPSA) is 32.5 Å². The van der Waals surface area contributed by atoms with Crippen molar-refractivity contribution in [1.82, 2.24) is 15.0 Å². The molecule has 27 heavy (non-hydrogen) atoms. The zero-order valence-corrected chi connectivity index (χ0v) is 15.6. The Kier molecular flexibility index (Phi) is 5.32. The quantitative estimate of drug-likeness (QED) is 0.681. The molecule has 1 aliphatic heterocycles. The zero-order chi connectivity index (χ0) is 18.6. The van der Waals surface area contributed by atoms with E-state index in [-0.39, 0.29) is 5.82 Å². The van der Waals surface area contributed by atoms with Gasteiger partial charge in [0.15, 0.2) is 5.76 Å². The van der Waals surface area contributed by atoms with Gasteiger partial charge in [0, 0.05) is 50.4 Å². The fraction of sp³-hybridized carbons (Fsp3) is 0.318. The van der Waals surface area contributed by atoms with Gasteiger partial charge in [-0.3, -0.25) is 9.80 Å². The normalized spacial score (nSPS) is 15.9. The van der Waals surface area contributed by atoms with Crippen molar-refractivity contribution in [2.45, 2.75) is 20.0 Å². The van der Waals surface area contributed by atoms with Crippen LogP contribution in [0.4, 0.5) is 4.39 Å². The standard InChI is InChI=1S/C22H24FN3O/c1-17-21(24-27-22(17)19-7-9-20(23)10-8-19)16-26-13-11-25(12-14-26)15-18-5-3-2-4-6-18/h2-10H,11-16H2,1H3. The predicted octanol–water partition coefficient (Wildman–Crippen LogP) is 4.11. The lowest BCUT2D eigenvalue weighted by molar-refractivity contribution is 0.120. The Morgan fingerprint density at radius 2 is 1.52 bits per heavy atom. The highest BCUT2D eigenvalue weighted by Gasteiger charge is 2.21. The largest absolute Gasteiger partial charge is 0.356 e. The fourth-order valence-corrected chi connectivity index (χ4v) is 3.55. The van der Waals surface area contributed by atoms with Crippen LogP contribution in [0, 0.1) is 12.7 Å². The van der Waals surface area contributed by atoms with Crippen molar-refractivity contribution in [3.8, 4) is 11.3 Å². The molecule has 0 spiro atoms. The van der Waals surface area contributed by atoms with Crippen molar-refractivity contribution in [3.63, 3.8) is 0 Å². The van der Waals surface area contributed by atoms with Gasteiger partial charge in [0.25, 0.3) is 0 Å². The molecule has 0 saturated carbocycles. The summed E-state index contributed by atoms with van der Waals surface area (Å²) in [4.78, 5) is 4.91. The maximum absolute atomic E-state index is 13.1. The molecule has 4 rings (SSSR count). The third kappa shape index (κ3) is 4.26.